The zero-order chi connectivity index (χ0) is 15.7. The molecule has 0 radical (unpaired) electrons. The molecule has 0 amide bonds. The Morgan fingerprint density at radius 2 is 2.10 bits per heavy atom. The van der Waals surface area contributed by atoms with Gasteiger partial charge in [0.2, 0.25) is 0 Å². The molecule has 0 aromatic heterocycles. The number of carboxylic acids is 1. The van der Waals surface area contributed by atoms with Crippen molar-refractivity contribution < 1.29 is 18.3 Å². The van der Waals surface area contributed by atoms with Crippen LogP contribution in [0.25, 0.3) is 0 Å². The van der Waals surface area contributed by atoms with Crippen LogP contribution >= 0.6 is 0 Å². The van der Waals surface area contributed by atoms with Gasteiger partial charge in [-0.3, -0.25) is 4.79 Å². The first kappa shape index (κ1) is 15.8. The lowest BCUT2D eigenvalue weighted by Gasteiger charge is -2.23. The number of hydrogen-bond donors (Lipinski definition) is 2. The Bertz CT molecular complexity index is 644. The van der Waals surface area contributed by atoms with Crippen molar-refractivity contribution in [3.63, 3.8) is 0 Å². The highest BCUT2D eigenvalue weighted by atomic mass is 32.2. The molecular weight excluding hydrogens is 292 g/mol. The second kappa shape index (κ2) is 5.65. The molecular formula is C14H20N2O4S. The number of nitrogens with two attached hydrogens (primary N) is 1. The van der Waals surface area contributed by atoms with Crippen molar-refractivity contribution >= 4 is 21.5 Å². The van der Waals surface area contributed by atoms with E-state index in [1.807, 2.05) is 6.92 Å². The van der Waals surface area contributed by atoms with E-state index >= 15 is 0 Å². The van der Waals surface area contributed by atoms with Crippen LogP contribution in [0.3, 0.4) is 0 Å². The van der Waals surface area contributed by atoms with Gasteiger partial charge in [0.05, 0.1) is 16.3 Å². The fraction of sp³-hybridized carbons (Fsp3) is 0.500. The zero-order valence-electron chi connectivity index (χ0n) is 11.9. The van der Waals surface area contributed by atoms with Gasteiger partial charge in [0.25, 0.3) is 0 Å². The molecule has 0 saturated carbocycles. The lowest BCUT2D eigenvalue weighted by molar-refractivity contribution is -0.142. The molecule has 1 atom stereocenters. The van der Waals surface area contributed by atoms with Crippen molar-refractivity contribution in [2.45, 2.75) is 30.2 Å². The van der Waals surface area contributed by atoms with Gasteiger partial charge in [-0.05, 0) is 25.0 Å². The summed E-state index contributed by atoms with van der Waals surface area (Å²) in [5.41, 5.74) is 5.08. The van der Waals surface area contributed by atoms with E-state index in [1.54, 1.807) is 29.2 Å². The number of aliphatic carboxylic acids is 1. The molecule has 1 fully saturated rings. The van der Waals surface area contributed by atoms with Crippen LogP contribution in [0.5, 0.6) is 0 Å². The van der Waals surface area contributed by atoms with Crippen LogP contribution in [0.15, 0.2) is 29.2 Å². The van der Waals surface area contributed by atoms with Crippen LogP contribution in [-0.4, -0.2) is 43.9 Å². The van der Waals surface area contributed by atoms with Crippen LogP contribution in [0.1, 0.15) is 19.8 Å². The molecule has 3 N–H and O–H groups in total. The van der Waals surface area contributed by atoms with Crippen LogP contribution in [-0.2, 0) is 14.6 Å². The van der Waals surface area contributed by atoms with Gasteiger partial charge >= 0.3 is 5.97 Å². The van der Waals surface area contributed by atoms with Crippen LogP contribution < -0.4 is 10.6 Å². The Kier molecular flexibility index (Phi) is 4.25. The fourth-order valence-corrected chi connectivity index (χ4v) is 4.13. The van der Waals surface area contributed by atoms with E-state index in [4.69, 9.17) is 5.73 Å². The van der Waals surface area contributed by atoms with E-state index in [0.717, 1.165) is 0 Å². The molecule has 0 aliphatic carbocycles. The van der Waals surface area contributed by atoms with E-state index in [9.17, 15) is 18.3 Å². The first-order valence-electron chi connectivity index (χ1n) is 6.89. The molecule has 21 heavy (non-hydrogen) atoms. The molecule has 7 heteroatoms. The van der Waals surface area contributed by atoms with Crippen LogP contribution in [0.4, 0.5) is 5.69 Å². The molecule has 1 aliphatic rings. The smallest absolute Gasteiger partial charge is 0.325 e. The van der Waals surface area contributed by atoms with Crippen molar-refractivity contribution in [3.05, 3.63) is 24.3 Å². The number of carboxylic acid groups (broad SMARTS) is 1. The molecule has 2 rings (SSSR count). The van der Waals surface area contributed by atoms with E-state index in [2.05, 4.69) is 0 Å². The second-order valence-electron chi connectivity index (χ2n) is 5.42. The van der Waals surface area contributed by atoms with Gasteiger partial charge in [-0.25, -0.2) is 8.42 Å². The summed E-state index contributed by atoms with van der Waals surface area (Å²) in [6.45, 7) is 2.35. The zero-order valence-corrected chi connectivity index (χ0v) is 12.8. The Balaban J connectivity index is 2.37. The number of anilines is 1. The molecule has 1 aliphatic heterocycles. The largest absolute Gasteiger partial charge is 0.480 e. The number of rotatable bonds is 5. The second-order valence-corrected chi connectivity index (χ2v) is 7.50. The monoisotopic (exact) mass is 312 g/mol. The van der Waals surface area contributed by atoms with Gasteiger partial charge in [-0.15, -0.1) is 0 Å². The minimum Gasteiger partial charge on any atom is -0.480 e. The first-order valence-corrected chi connectivity index (χ1v) is 8.54. The number of carbonyl (C=O) groups is 1. The minimum absolute atomic E-state index is 0.0740. The molecule has 1 aromatic carbocycles. The molecule has 6 nitrogen and oxygen atoms in total. The fourth-order valence-electron chi connectivity index (χ4n) is 2.57. The van der Waals surface area contributed by atoms with Gasteiger partial charge in [-0.1, -0.05) is 19.1 Å². The van der Waals surface area contributed by atoms with Crippen LogP contribution in [0.2, 0.25) is 0 Å². The molecule has 1 aromatic rings. The minimum atomic E-state index is -3.37. The quantitative estimate of drug-likeness (QED) is 0.836. The van der Waals surface area contributed by atoms with E-state index in [-0.39, 0.29) is 17.2 Å². The summed E-state index contributed by atoms with van der Waals surface area (Å²) in [6, 6.07) is 6.69. The molecule has 1 saturated heterocycles. The maximum Gasteiger partial charge on any atom is 0.325 e. The van der Waals surface area contributed by atoms with Crippen molar-refractivity contribution in [1.82, 2.24) is 0 Å². The number of benzene rings is 1. The highest BCUT2D eigenvalue weighted by Gasteiger charge is 2.42. The Morgan fingerprint density at radius 3 is 2.67 bits per heavy atom. The summed E-state index contributed by atoms with van der Waals surface area (Å²) in [6.07, 6.45) is 0.830. The van der Waals surface area contributed by atoms with E-state index < -0.39 is 21.3 Å². The normalized spacial score (nSPS) is 22.5. The third kappa shape index (κ3) is 3.03. The highest BCUT2D eigenvalue weighted by molar-refractivity contribution is 7.91. The van der Waals surface area contributed by atoms with E-state index in [0.29, 0.717) is 25.1 Å². The first-order chi connectivity index (χ1) is 9.80. The highest BCUT2D eigenvalue weighted by Crippen LogP contribution is 2.31. The average molecular weight is 312 g/mol. The van der Waals surface area contributed by atoms with Gasteiger partial charge in [0.15, 0.2) is 9.84 Å². The van der Waals surface area contributed by atoms with Gasteiger partial charge in [0, 0.05) is 13.1 Å². The van der Waals surface area contributed by atoms with E-state index in [1.165, 1.54) is 0 Å². The average Bonchev–Trinajstić information content (AvgIpc) is 2.83. The van der Waals surface area contributed by atoms with Crippen molar-refractivity contribution in [3.8, 4) is 0 Å². The molecule has 0 bridgehead atoms. The summed E-state index contributed by atoms with van der Waals surface area (Å²) in [5.74, 6) is -0.983. The summed E-state index contributed by atoms with van der Waals surface area (Å²) in [4.78, 5) is 13.2. The topological polar surface area (TPSA) is 101 Å². The van der Waals surface area contributed by atoms with Gasteiger partial charge < -0.3 is 15.7 Å². The summed E-state index contributed by atoms with van der Waals surface area (Å²) < 4.78 is 24.7. The maximum absolute atomic E-state index is 12.3. The number of sulfone groups is 1. The summed E-state index contributed by atoms with van der Waals surface area (Å²) >= 11 is 0. The number of nitrogens with zero attached hydrogens (tertiary/aromatic N) is 1. The summed E-state index contributed by atoms with van der Waals surface area (Å²) in [5, 5.41) is 9.18. The van der Waals surface area contributed by atoms with Crippen molar-refractivity contribution in [1.29, 1.82) is 0 Å². The lowest BCUT2D eigenvalue weighted by atomic mass is 10.0. The third-order valence-electron chi connectivity index (χ3n) is 3.74. The maximum atomic E-state index is 12.3. The number of para-hydroxylation sites is 1. The SMILES string of the molecule is CCCS(=O)(=O)c1ccccc1N1CCC(N)(C(=O)O)C1. The van der Waals surface area contributed by atoms with Gasteiger partial charge in [0.1, 0.15) is 5.54 Å². The molecule has 1 unspecified atom stereocenters. The van der Waals surface area contributed by atoms with Gasteiger partial charge in [-0.2, -0.15) is 0 Å². The molecule has 116 valence electrons. The predicted molar refractivity (Wildman–Crippen MR) is 80.2 cm³/mol. The third-order valence-corrected chi connectivity index (χ3v) is 5.70. The summed E-state index contributed by atoms with van der Waals surface area (Å²) in [7, 11) is -3.37. The predicted octanol–water partition coefficient (Wildman–Crippen LogP) is 0.863. The Labute approximate surface area is 124 Å². The van der Waals surface area contributed by atoms with Crippen LogP contribution in [0, 0.1) is 0 Å². The Hall–Kier alpha value is -1.60. The number of hydrogen-bond acceptors (Lipinski definition) is 5. The lowest BCUT2D eigenvalue weighted by Crippen LogP contribution is -2.50. The van der Waals surface area contributed by atoms with Crippen molar-refractivity contribution in [2.75, 3.05) is 23.7 Å². The molecule has 1 heterocycles. The Morgan fingerprint density at radius 1 is 1.43 bits per heavy atom. The molecule has 0 spiro atoms. The standard InChI is InChI=1S/C14H20N2O4S/c1-2-9-21(19,20)12-6-4-3-5-11(12)16-8-7-14(15,10-16)13(17)18/h3-6H,2,7-10,15H2,1H3,(H,17,18). The van der Waals surface area contributed by atoms with Crippen molar-refractivity contribution in [2.24, 2.45) is 5.73 Å².